The first kappa shape index (κ1) is 40.5. The molecule has 0 amide bonds. The summed E-state index contributed by atoms with van der Waals surface area (Å²) in [5.41, 5.74) is 9.61. The van der Waals surface area contributed by atoms with Crippen LogP contribution in [0.3, 0.4) is 0 Å². The molecule has 0 radical (unpaired) electrons. The lowest BCUT2D eigenvalue weighted by Gasteiger charge is -2.36. The average Bonchev–Trinajstić information content (AvgIpc) is 3.83. The third-order valence-electron chi connectivity index (χ3n) is 14.2. The van der Waals surface area contributed by atoms with Crippen molar-refractivity contribution in [1.29, 1.82) is 0 Å². The second kappa shape index (κ2) is 16.8. The van der Waals surface area contributed by atoms with Crippen LogP contribution in [0, 0.1) is 0 Å². The fourth-order valence-electron chi connectivity index (χ4n) is 11.1. The lowest BCUT2D eigenvalue weighted by molar-refractivity contribution is 0.672. The van der Waals surface area contributed by atoms with Crippen LogP contribution in [0.5, 0.6) is 0 Å². The van der Waals surface area contributed by atoms with Crippen molar-refractivity contribution >= 4 is 100 Å². The van der Waals surface area contributed by atoms with E-state index in [1.807, 2.05) is 0 Å². The molecule has 12 aromatic carbocycles. The molecule has 1 aromatic heterocycles. The summed E-state index contributed by atoms with van der Waals surface area (Å²) in [6.45, 7) is 0. The molecule has 0 spiro atoms. The average molecular weight is 896 g/mol. The van der Waals surface area contributed by atoms with E-state index in [0.29, 0.717) is 0 Å². The molecule has 13 rings (SSSR count). The fourth-order valence-corrected chi connectivity index (χ4v) is 16.1. The van der Waals surface area contributed by atoms with Gasteiger partial charge in [-0.1, -0.05) is 243 Å². The zero-order valence-electron chi connectivity index (χ0n) is 37.8. The van der Waals surface area contributed by atoms with Gasteiger partial charge in [0.1, 0.15) is 11.2 Å². The Kier molecular flexibility index (Phi) is 9.88. The summed E-state index contributed by atoms with van der Waals surface area (Å²) in [4.78, 5) is 2.44. The Morgan fingerprint density at radius 2 is 0.855 bits per heavy atom. The van der Waals surface area contributed by atoms with E-state index in [0.717, 1.165) is 66.5 Å². The molecule has 3 heteroatoms. The highest BCUT2D eigenvalue weighted by atomic mass is 28.3. The Balaban J connectivity index is 1.03. The van der Waals surface area contributed by atoms with Crippen LogP contribution in [0.25, 0.3) is 76.5 Å². The van der Waals surface area contributed by atoms with E-state index in [1.54, 1.807) is 0 Å². The third-order valence-corrected chi connectivity index (χ3v) is 19.0. The number of rotatable bonds is 9. The van der Waals surface area contributed by atoms with Gasteiger partial charge in [-0.05, 0) is 94.7 Å². The van der Waals surface area contributed by atoms with Gasteiger partial charge in [0, 0.05) is 22.0 Å². The lowest BCUT2D eigenvalue weighted by atomic mass is 9.98. The Morgan fingerprint density at radius 3 is 1.58 bits per heavy atom. The number of fused-ring (bicyclic) bond motifs is 8. The highest BCUT2D eigenvalue weighted by Gasteiger charge is 2.43. The Hall–Kier alpha value is -8.76. The molecule has 324 valence electrons. The van der Waals surface area contributed by atoms with Crippen molar-refractivity contribution in [2.24, 2.45) is 0 Å². The largest absolute Gasteiger partial charge is 0.455 e. The molecule has 2 nitrogen and oxygen atoms in total. The first-order chi connectivity index (χ1) is 34.2. The smallest absolute Gasteiger partial charge is 0.180 e. The third kappa shape index (κ3) is 6.70. The topological polar surface area (TPSA) is 16.4 Å². The molecule has 0 aliphatic carbocycles. The number of hydrogen-bond donors (Lipinski definition) is 0. The first-order valence-corrected chi connectivity index (χ1v) is 25.7. The van der Waals surface area contributed by atoms with Crippen molar-refractivity contribution in [3.63, 3.8) is 0 Å². The predicted octanol–water partition coefficient (Wildman–Crippen LogP) is 15.2. The molecule has 0 saturated heterocycles. The fraction of sp³-hybridized carbons (Fsp3) is 0. The lowest BCUT2D eigenvalue weighted by Crippen LogP contribution is -2.74. The number of hydrogen-bond acceptors (Lipinski definition) is 2. The van der Waals surface area contributed by atoms with Gasteiger partial charge in [-0.3, -0.25) is 0 Å². The van der Waals surface area contributed by atoms with Gasteiger partial charge >= 0.3 is 0 Å². The molecule has 0 N–H and O–H groups in total. The number of benzene rings is 12. The highest BCUT2D eigenvalue weighted by Crippen LogP contribution is 2.48. The van der Waals surface area contributed by atoms with Gasteiger partial charge in [0.05, 0.1) is 16.8 Å². The quantitative estimate of drug-likeness (QED) is 0.0815. The summed E-state index contributed by atoms with van der Waals surface area (Å²) in [7, 11) is -2.98. The summed E-state index contributed by atoms with van der Waals surface area (Å²) >= 11 is 0. The van der Waals surface area contributed by atoms with Gasteiger partial charge in [-0.2, -0.15) is 0 Å². The van der Waals surface area contributed by atoms with Crippen molar-refractivity contribution in [3.8, 4) is 22.3 Å². The summed E-state index contributed by atoms with van der Waals surface area (Å²) in [6.07, 6.45) is 0. The second-order valence-corrected chi connectivity index (χ2v) is 21.7. The van der Waals surface area contributed by atoms with Gasteiger partial charge < -0.3 is 9.32 Å². The van der Waals surface area contributed by atoms with Gasteiger partial charge in [-0.25, -0.2) is 0 Å². The minimum atomic E-state index is -2.98. The molecule has 0 saturated carbocycles. The maximum Gasteiger partial charge on any atom is 0.180 e. The van der Waals surface area contributed by atoms with Crippen LogP contribution in [-0.2, 0) is 0 Å². The van der Waals surface area contributed by atoms with Crippen molar-refractivity contribution in [2.45, 2.75) is 0 Å². The maximum atomic E-state index is 6.78. The van der Waals surface area contributed by atoms with Gasteiger partial charge in [0.25, 0.3) is 0 Å². The van der Waals surface area contributed by atoms with Gasteiger partial charge in [0.2, 0.25) is 0 Å². The molecule has 69 heavy (non-hydrogen) atoms. The molecule has 0 bridgehead atoms. The van der Waals surface area contributed by atoms with Crippen LogP contribution in [0.15, 0.2) is 277 Å². The zero-order valence-corrected chi connectivity index (χ0v) is 38.8. The molecule has 0 fully saturated rings. The molecule has 0 unspecified atom stereocenters. The molecule has 0 aliphatic heterocycles. The Bertz CT molecular complexity index is 3970. The van der Waals surface area contributed by atoms with Gasteiger partial charge in [0.15, 0.2) is 8.07 Å². The van der Waals surface area contributed by atoms with Crippen LogP contribution in [0.2, 0.25) is 0 Å². The summed E-state index contributed by atoms with van der Waals surface area (Å²) in [5.74, 6) is 0. The molecule has 0 atom stereocenters. The SMILES string of the molecule is c1ccc(-c2ccccc2N(c2ccc(-c3cccc([Si](c4ccccc4)(c4ccccc4)c4cc5ccccc5c5ccccc45)c3)cc2)c2cc3ccccc3c3oc4ccccc4c23)cc1. The summed E-state index contributed by atoms with van der Waals surface area (Å²) in [5, 5.41) is 15.0. The van der Waals surface area contributed by atoms with E-state index in [4.69, 9.17) is 4.42 Å². The molecule has 13 aromatic rings. The minimum Gasteiger partial charge on any atom is -0.455 e. The van der Waals surface area contributed by atoms with Crippen LogP contribution in [-0.4, -0.2) is 8.07 Å². The minimum absolute atomic E-state index is 0.874. The normalized spacial score (nSPS) is 11.8. The standard InChI is InChI=1S/C66H45NOSi/c1-4-21-47(22-5-1)56-32-16-18-37-61(56)67(62-44-49-23-11-13-33-57(49)66-65(62)60-36-17-19-38-63(60)68-66)51-41-39-46(40-42-51)48-25-20-30-54(43-48)69(52-26-6-2-7-27-52,53-28-8-3-9-29-53)64-45-50-24-10-12-31-55(50)58-34-14-15-35-59(58)64/h1-45H. The van der Waals surface area contributed by atoms with Crippen LogP contribution in [0.1, 0.15) is 0 Å². The summed E-state index contributed by atoms with van der Waals surface area (Å²) < 4.78 is 6.78. The second-order valence-electron chi connectivity index (χ2n) is 17.9. The van der Waals surface area contributed by atoms with Crippen molar-refractivity contribution in [3.05, 3.63) is 273 Å². The molecule has 0 aliphatic rings. The van der Waals surface area contributed by atoms with E-state index in [2.05, 4.69) is 278 Å². The van der Waals surface area contributed by atoms with Gasteiger partial charge in [-0.15, -0.1) is 0 Å². The van der Waals surface area contributed by atoms with Crippen molar-refractivity contribution in [2.75, 3.05) is 4.90 Å². The molecular weight excluding hydrogens is 851 g/mol. The first-order valence-electron chi connectivity index (χ1n) is 23.7. The van der Waals surface area contributed by atoms with E-state index >= 15 is 0 Å². The number of furan rings is 1. The number of para-hydroxylation sites is 2. The zero-order chi connectivity index (χ0) is 45.7. The van der Waals surface area contributed by atoms with E-state index in [-0.39, 0.29) is 0 Å². The molecule has 1 heterocycles. The maximum absolute atomic E-state index is 6.78. The van der Waals surface area contributed by atoms with Crippen LogP contribution in [0.4, 0.5) is 17.1 Å². The Morgan fingerprint density at radius 1 is 0.319 bits per heavy atom. The summed E-state index contributed by atoms with van der Waals surface area (Å²) in [6, 6.07) is 100. The van der Waals surface area contributed by atoms with Crippen LogP contribution >= 0.6 is 0 Å². The van der Waals surface area contributed by atoms with Crippen molar-refractivity contribution < 1.29 is 4.42 Å². The Labute approximate surface area is 402 Å². The predicted molar refractivity (Wildman–Crippen MR) is 295 cm³/mol. The van der Waals surface area contributed by atoms with E-state index < -0.39 is 8.07 Å². The van der Waals surface area contributed by atoms with Crippen LogP contribution < -0.4 is 25.6 Å². The van der Waals surface area contributed by atoms with Crippen molar-refractivity contribution in [1.82, 2.24) is 0 Å². The van der Waals surface area contributed by atoms with E-state index in [1.165, 1.54) is 47.9 Å². The number of anilines is 3. The van der Waals surface area contributed by atoms with E-state index in [9.17, 15) is 0 Å². The molecular formula is C66H45NOSi. The monoisotopic (exact) mass is 895 g/mol. The highest BCUT2D eigenvalue weighted by molar-refractivity contribution is 7.20. The number of nitrogens with zero attached hydrogens (tertiary/aromatic N) is 1.